The standard InChI is InChI=1S/C21H32Cl2N2O3S2/c1-3-5-6-7-14-29-17-15-18(22)21(19(23)16-17)20(26)8-9-24-10-12-25(13-11-24)30(27,28)4-2/h15-16H,3-14H2,1-2H3. The fraction of sp³-hybridized carbons (Fsp3) is 0.667. The number of carbonyl (C=O) groups is 1. The highest BCUT2D eigenvalue weighted by atomic mass is 35.5. The molecule has 0 N–H and O–H groups in total. The Hall–Kier alpha value is -0.310. The highest BCUT2D eigenvalue weighted by molar-refractivity contribution is 7.99. The first-order valence-corrected chi connectivity index (χ1v) is 14.0. The van der Waals surface area contributed by atoms with Gasteiger partial charge in [0, 0.05) is 44.0 Å². The van der Waals surface area contributed by atoms with Crippen molar-refractivity contribution in [3.8, 4) is 0 Å². The van der Waals surface area contributed by atoms with Crippen LogP contribution in [-0.2, 0) is 10.0 Å². The molecule has 1 heterocycles. The third-order valence-electron chi connectivity index (χ3n) is 5.31. The van der Waals surface area contributed by atoms with Crippen LogP contribution in [0.5, 0.6) is 0 Å². The van der Waals surface area contributed by atoms with Gasteiger partial charge in [-0.25, -0.2) is 8.42 Å². The Balaban J connectivity index is 1.85. The van der Waals surface area contributed by atoms with E-state index in [4.69, 9.17) is 23.2 Å². The second-order valence-corrected chi connectivity index (χ2v) is 11.7. The molecule has 0 aliphatic carbocycles. The third-order valence-corrected chi connectivity index (χ3v) is 8.85. The summed E-state index contributed by atoms with van der Waals surface area (Å²) in [5.41, 5.74) is 0.390. The topological polar surface area (TPSA) is 57.7 Å². The summed E-state index contributed by atoms with van der Waals surface area (Å²) >= 11 is 14.5. The van der Waals surface area contributed by atoms with Gasteiger partial charge in [-0.15, -0.1) is 11.8 Å². The molecule has 9 heteroatoms. The molecule has 1 aromatic carbocycles. The van der Waals surface area contributed by atoms with Crippen LogP contribution < -0.4 is 0 Å². The fourth-order valence-electron chi connectivity index (χ4n) is 3.42. The number of benzene rings is 1. The molecule has 1 aliphatic heterocycles. The maximum Gasteiger partial charge on any atom is 0.213 e. The van der Waals surface area contributed by atoms with Crippen molar-refractivity contribution in [2.45, 2.75) is 50.8 Å². The Bertz CT molecular complexity index is 787. The number of sulfonamides is 1. The average Bonchev–Trinajstić information content (AvgIpc) is 2.72. The zero-order chi connectivity index (χ0) is 22.1. The molecule has 0 bridgehead atoms. The number of rotatable bonds is 12. The molecular formula is C21H32Cl2N2O3S2. The number of nitrogens with zero attached hydrogens (tertiary/aromatic N) is 2. The highest BCUT2D eigenvalue weighted by Gasteiger charge is 2.26. The van der Waals surface area contributed by atoms with Gasteiger partial charge in [-0.1, -0.05) is 49.4 Å². The molecule has 2 rings (SSSR count). The van der Waals surface area contributed by atoms with Gasteiger partial charge in [0.15, 0.2) is 5.78 Å². The summed E-state index contributed by atoms with van der Waals surface area (Å²) in [4.78, 5) is 15.8. The van der Waals surface area contributed by atoms with E-state index in [9.17, 15) is 13.2 Å². The summed E-state index contributed by atoms with van der Waals surface area (Å²) in [6, 6.07) is 3.67. The number of halogens is 2. The zero-order valence-corrected chi connectivity index (χ0v) is 21.0. The molecule has 0 spiro atoms. The Morgan fingerprint density at radius 1 is 1.03 bits per heavy atom. The van der Waals surface area contributed by atoms with E-state index in [1.165, 1.54) is 23.6 Å². The second kappa shape index (κ2) is 12.7. The zero-order valence-electron chi connectivity index (χ0n) is 17.8. The third kappa shape index (κ3) is 7.68. The Labute approximate surface area is 195 Å². The molecule has 0 radical (unpaired) electrons. The SMILES string of the molecule is CCCCCCSc1cc(Cl)c(C(=O)CCN2CCN(S(=O)(=O)CC)CC2)c(Cl)c1. The van der Waals surface area contributed by atoms with E-state index < -0.39 is 10.0 Å². The van der Waals surface area contributed by atoms with Gasteiger partial charge in [0.05, 0.1) is 21.4 Å². The normalized spacial score (nSPS) is 16.1. The van der Waals surface area contributed by atoms with Gasteiger partial charge in [0.1, 0.15) is 0 Å². The average molecular weight is 496 g/mol. The van der Waals surface area contributed by atoms with Crippen LogP contribution in [0.2, 0.25) is 10.0 Å². The van der Waals surface area contributed by atoms with Crippen LogP contribution in [0.15, 0.2) is 17.0 Å². The molecular weight excluding hydrogens is 463 g/mol. The van der Waals surface area contributed by atoms with Crippen molar-refractivity contribution in [1.29, 1.82) is 0 Å². The van der Waals surface area contributed by atoms with Gasteiger partial charge in [0.25, 0.3) is 0 Å². The summed E-state index contributed by atoms with van der Waals surface area (Å²) < 4.78 is 25.4. The molecule has 1 aromatic rings. The van der Waals surface area contributed by atoms with E-state index in [1.807, 2.05) is 12.1 Å². The summed E-state index contributed by atoms with van der Waals surface area (Å²) in [5.74, 6) is 1.06. The van der Waals surface area contributed by atoms with Crippen LogP contribution >= 0.6 is 35.0 Å². The lowest BCUT2D eigenvalue weighted by atomic mass is 10.1. The fourth-order valence-corrected chi connectivity index (χ4v) is 6.32. The van der Waals surface area contributed by atoms with Crippen LogP contribution in [0.25, 0.3) is 0 Å². The van der Waals surface area contributed by atoms with Crippen molar-refractivity contribution in [3.05, 3.63) is 27.7 Å². The van der Waals surface area contributed by atoms with Crippen LogP contribution in [0.1, 0.15) is 56.3 Å². The summed E-state index contributed by atoms with van der Waals surface area (Å²) in [6.07, 6.45) is 5.15. The largest absolute Gasteiger partial charge is 0.300 e. The lowest BCUT2D eigenvalue weighted by Gasteiger charge is -2.33. The molecule has 0 aromatic heterocycles. The first kappa shape index (κ1) is 25.9. The van der Waals surface area contributed by atoms with Crippen LogP contribution in [0.3, 0.4) is 0 Å². The molecule has 1 fully saturated rings. The van der Waals surface area contributed by atoms with Crippen LogP contribution in [-0.4, -0.2) is 67.6 Å². The van der Waals surface area contributed by atoms with Crippen molar-refractivity contribution in [2.24, 2.45) is 0 Å². The molecule has 0 atom stereocenters. The van der Waals surface area contributed by atoms with Gasteiger partial charge in [-0.3, -0.25) is 4.79 Å². The van der Waals surface area contributed by atoms with Gasteiger partial charge in [-0.2, -0.15) is 4.31 Å². The number of piperazine rings is 1. The Morgan fingerprint density at radius 3 is 2.23 bits per heavy atom. The lowest BCUT2D eigenvalue weighted by molar-refractivity contribution is 0.0952. The van der Waals surface area contributed by atoms with E-state index in [0.29, 0.717) is 54.8 Å². The molecule has 30 heavy (non-hydrogen) atoms. The van der Waals surface area contributed by atoms with Gasteiger partial charge in [-0.05, 0) is 31.2 Å². The van der Waals surface area contributed by atoms with Crippen molar-refractivity contribution < 1.29 is 13.2 Å². The van der Waals surface area contributed by atoms with Crippen molar-refractivity contribution in [2.75, 3.05) is 44.2 Å². The molecule has 5 nitrogen and oxygen atoms in total. The van der Waals surface area contributed by atoms with Crippen LogP contribution in [0, 0.1) is 0 Å². The highest BCUT2D eigenvalue weighted by Crippen LogP contribution is 2.32. The summed E-state index contributed by atoms with van der Waals surface area (Å²) in [6.45, 7) is 6.61. The van der Waals surface area contributed by atoms with Crippen molar-refractivity contribution in [3.63, 3.8) is 0 Å². The van der Waals surface area contributed by atoms with Crippen molar-refractivity contribution in [1.82, 2.24) is 9.21 Å². The summed E-state index contributed by atoms with van der Waals surface area (Å²) in [7, 11) is -3.14. The number of hydrogen-bond acceptors (Lipinski definition) is 5. The predicted molar refractivity (Wildman–Crippen MR) is 128 cm³/mol. The number of unbranched alkanes of at least 4 members (excludes halogenated alkanes) is 3. The maximum absolute atomic E-state index is 12.7. The first-order chi connectivity index (χ1) is 14.3. The number of Topliss-reactive ketones (excluding diaryl/α,β-unsaturated/α-hetero) is 1. The lowest BCUT2D eigenvalue weighted by Crippen LogP contribution is -2.49. The Kier molecular flexibility index (Phi) is 10.9. The van der Waals surface area contributed by atoms with Gasteiger partial charge in [0.2, 0.25) is 10.0 Å². The number of carbonyl (C=O) groups excluding carboxylic acids is 1. The van der Waals surface area contributed by atoms with E-state index >= 15 is 0 Å². The Morgan fingerprint density at radius 2 is 1.67 bits per heavy atom. The first-order valence-electron chi connectivity index (χ1n) is 10.6. The van der Waals surface area contributed by atoms with E-state index in [2.05, 4.69) is 11.8 Å². The molecule has 0 amide bonds. The van der Waals surface area contributed by atoms with Crippen molar-refractivity contribution >= 4 is 50.8 Å². The van der Waals surface area contributed by atoms with Crippen LogP contribution in [0.4, 0.5) is 0 Å². The monoisotopic (exact) mass is 494 g/mol. The minimum absolute atomic E-state index is 0.0758. The smallest absolute Gasteiger partial charge is 0.213 e. The number of hydrogen-bond donors (Lipinski definition) is 0. The quantitative estimate of drug-likeness (QED) is 0.227. The van der Waals surface area contributed by atoms with Gasteiger partial charge < -0.3 is 4.90 Å². The minimum Gasteiger partial charge on any atom is -0.300 e. The molecule has 1 saturated heterocycles. The van der Waals surface area contributed by atoms with E-state index in [0.717, 1.165) is 17.1 Å². The second-order valence-electron chi connectivity index (χ2n) is 7.49. The maximum atomic E-state index is 12.7. The van der Waals surface area contributed by atoms with E-state index in [-0.39, 0.29) is 11.5 Å². The molecule has 170 valence electrons. The molecule has 1 aliphatic rings. The number of ketones is 1. The number of thioether (sulfide) groups is 1. The minimum atomic E-state index is -3.14. The summed E-state index contributed by atoms with van der Waals surface area (Å²) in [5, 5.41) is 0.810. The predicted octanol–water partition coefficient (Wildman–Crippen LogP) is 5.21. The van der Waals surface area contributed by atoms with E-state index in [1.54, 1.807) is 18.7 Å². The molecule has 0 unspecified atom stereocenters. The van der Waals surface area contributed by atoms with Gasteiger partial charge >= 0.3 is 0 Å². The molecule has 0 saturated carbocycles.